The molecule has 1 spiro atoms. The van der Waals surface area contributed by atoms with Crippen LogP contribution in [0.3, 0.4) is 0 Å². The number of rotatable bonds is 3. The van der Waals surface area contributed by atoms with Crippen LogP contribution >= 0.6 is 12.2 Å². The van der Waals surface area contributed by atoms with Crippen molar-refractivity contribution in [3.8, 4) is 17.6 Å². The molecule has 0 aromatic heterocycles. The Kier molecular flexibility index (Phi) is 4.77. The van der Waals surface area contributed by atoms with Crippen LogP contribution in [0.2, 0.25) is 0 Å². The highest BCUT2D eigenvalue weighted by Gasteiger charge is 2.59. The zero-order chi connectivity index (χ0) is 23.5. The largest absolute Gasteiger partial charge is 0.448 e. The second kappa shape index (κ2) is 7.33. The van der Waals surface area contributed by atoms with E-state index in [0.29, 0.717) is 30.0 Å². The van der Waals surface area contributed by atoms with E-state index in [1.165, 1.54) is 12.1 Å². The van der Waals surface area contributed by atoms with Gasteiger partial charge in [-0.25, -0.2) is 0 Å². The number of ether oxygens (including phenoxy) is 2. The highest BCUT2D eigenvalue weighted by atomic mass is 32.1. The number of hydrogen-bond donors (Lipinski definition) is 1. The quantitative estimate of drug-likeness (QED) is 0.677. The lowest BCUT2D eigenvalue weighted by atomic mass is 9.75. The van der Waals surface area contributed by atoms with Crippen LogP contribution in [0.5, 0.6) is 11.5 Å². The maximum atomic E-state index is 13.5. The Balaban J connectivity index is 1.57. The Hall–Kier alpha value is -3.36. The van der Waals surface area contributed by atoms with Crippen molar-refractivity contribution in [2.24, 2.45) is 0 Å². The number of nitriles is 1. The summed E-state index contributed by atoms with van der Waals surface area (Å²) in [4.78, 5) is 16.3. The summed E-state index contributed by atoms with van der Waals surface area (Å²) in [7, 11) is 0. The zero-order valence-corrected chi connectivity index (χ0v) is 17.7. The monoisotopic (exact) mass is 475 g/mol. The van der Waals surface area contributed by atoms with Gasteiger partial charge in [0.2, 0.25) is 0 Å². The van der Waals surface area contributed by atoms with E-state index >= 15 is 0 Å². The number of anilines is 2. The minimum absolute atomic E-state index is 0.0371. The SMILES string of the molecule is N#Cc1ccc(N2C(=O)C3(CCC3)N(c3ccc4c(c3)OC(CO)O4)C2=S)cc1C(F)(F)F. The summed E-state index contributed by atoms with van der Waals surface area (Å²) in [5.41, 5.74) is -2.19. The van der Waals surface area contributed by atoms with E-state index in [9.17, 15) is 23.1 Å². The molecule has 2 aromatic carbocycles. The number of carbonyl (C=O) groups is 1. The molecule has 1 saturated carbocycles. The predicted molar refractivity (Wildman–Crippen MR) is 114 cm³/mol. The number of aliphatic hydroxyl groups is 1. The van der Waals surface area contributed by atoms with Crippen molar-refractivity contribution >= 4 is 34.6 Å². The van der Waals surface area contributed by atoms with Crippen LogP contribution in [0.1, 0.15) is 30.4 Å². The number of fused-ring (bicyclic) bond motifs is 1. The third-order valence-electron chi connectivity index (χ3n) is 6.13. The molecule has 33 heavy (non-hydrogen) atoms. The van der Waals surface area contributed by atoms with Crippen molar-refractivity contribution in [2.75, 3.05) is 16.4 Å². The van der Waals surface area contributed by atoms with Crippen LogP contribution in [0.15, 0.2) is 36.4 Å². The molecular weight excluding hydrogens is 459 g/mol. The number of hydrogen-bond acceptors (Lipinski definition) is 6. The second-order valence-electron chi connectivity index (χ2n) is 7.96. The number of alkyl halides is 3. The molecule has 7 nitrogen and oxygen atoms in total. The lowest BCUT2D eigenvalue weighted by Crippen LogP contribution is -2.55. The molecule has 3 aliphatic rings. The third-order valence-corrected chi connectivity index (χ3v) is 6.50. The summed E-state index contributed by atoms with van der Waals surface area (Å²) in [6, 6.07) is 9.60. The average Bonchev–Trinajstić information content (AvgIpc) is 3.27. The van der Waals surface area contributed by atoms with Crippen LogP contribution in [0, 0.1) is 11.3 Å². The summed E-state index contributed by atoms with van der Waals surface area (Å²) < 4.78 is 51.5. The molecule has 1 unspecified atom stereocenters. The predicted octanol–water partition coefficient (Wildman–Crippen LogP) is 3.73. The Morgan fingerprint density at radius 3 is 2.45 bits per heavy atom. The van der Waals surface area contributed by atoms with Crippen LogP contribution in [0.25, 0.3) is 0 Å². The molecule has 0 radical (unpaired) electrons. The summed E-state index contributed by atoms with van der Waals surface area (Å²) in [5, 5.41) is 18.4. The van der Waals surface area contributed by atoms with Crippen molar-refractivity contribution < 1.29 is 32.5 Å². The molecule has 1 N–H and O–H groups in total. The topological polar surface area (TPSA) is 86.0 Å². The molecule has 170 valence electrons. The minimum atomic E-state index is -4.76. The van der Waals surface area contributed by atoms with Gasteiger partial charge in [0.15, 0.2) is 16.6 Å². The molecular formula is C22H16F3N3O4S. The molecule has 1 amide bonds. The lowest BCUT2D eigenvalue weighted by molar-refractivity contribution is -0.137. The van der Waals surface area contributed by atoms with Crippen molar-refractivity contribution in [3.63, 3.8) is 0 Å². The summed E-state index contributed by atoms with van der Waals surface area (Å²) >= 11 is 5.60. The Morgan fingerprint density at radius 1 is 1.15 bits per heavy atom. The van der Waals surface area contributed by atoms with Gasteiger partial charge in [-0.2, -0.15) is 18.4 Å². The number of thiocarbonyl (C=S) groups is 1. The average molecular weight is 475 g/mol. The fraction of sp³-hybridized carbons (Fsp3) is 0.318. The fourth-order valence-corrected chi connectivity index (χ4v) is 4.89. The third kappa shape index (κ3) is 3.13. The number of aliphatic hydroxyl groups excluding tert-OH is 1. The van der Waals surface area contributed by atoms with Gasteiger partial charge >= 0.3 is 6.18 Å². The van der Waals surface area contributed by atoms with E-state index < -0.39 is 35.0 Å². The van der Waals surface area contributed by atoms with Gasteiger partial charge in [-0.15, -0.1) is 0 Å². The molecule has 1 atom stereocenters. The molecule has 2 aliphatic heterocycles. The molecule has 2 fully saturated rings. The zero-order valence-electron chi connectivity index (χ0n) is 16.9. The summed E-state index contributed by atoms with van der Waals surface area (Å²) in [6.45, 7) is -0.345. The molecule has 11 heteroatoms. The van der Waals surface area contributed by atoms with E-state index in [2.05, 4.69) is 0 Å². The number of carbonyl (C=O) groups excluding carboxylic acids is 1. The Bertz CT molecular complexity index is 1220. The maximum Gasteiger partial charge on any atom is 0.417 e. The van der Waals surface area contributed by atoms with Gasteiger partial charge in [0.25, 0.3) is 12.2 Å². The van der Waals surface area contributed by atoms with E-state index in [0.717, 1.165) is 23.5 Å². The number of halogens is 3. The summed E-state index contributed by atoms with van der Waals surface area (Å²) in [5.74, 6) is 0.380. The Labute approximate surface area is 191 Å². The molecule has 1 saturated heterocycles. The van der Waals surface area contributed by atoms with Gasteiger partial charge in [-0.1, -0.05) is 0 Å². The van der Waals surface area contributed by atoms with Crippen LogP contribution in [0.4, 0.5) is 24.5 Å². The van der Waals surface area contributed by atoms with Crippen molar-refractivity contribution in [2.45, 2.75) is 37.3 Å². The molecule has 2 aromatic rings. The van der Waals surface area contributed by atoms with Crippen molar-refractivity contribution in [3.05, 3.63) is 47.5 Å². The number of nitrogens with zero attached hydrogens (tertiary/aromatic N) is 3. The summed E-state index contributed by atoms with van der Waals surface area (Å²) in [6.07, 6.45) is -3.87. The molecule has 1 aliphatic carbocycles. The van der Waals surface area contributed by atoms with Gasteiger partial charge in [0.05, 0.1) is 22.9 Å². The number of amides is 1. The van der Waals surface area contributed by atoms with E-state index in [1.54, 1.807) is 23.1 Å². The normalized spacial score (nSPS) is 20.9. The van der Waals surface area contributed by atoms with Crippen molar-refractivity contribution in [1.82, 2.24) is 0 Å². The highest BCUT2D eigenvalue weighted by Crippen LogP contribution is 2.50. The van der Waals surface area contributed by atoms with Gasteiger partial charge in [0, 0.05) is 11.8 Å². The van der Waals surface area contributed by atoms with Crippen LogP contribution in [-0.4, -0.2) is 34.6 Å². The fourth-order valence-electron chi connectivity index (χ4n) is 4.42. The van der Waals surface area contributed by atoms with Gasteiger partial charge in [-0.3, -0.25) is 9.69 Å². The Morgan fingerprint density at radius 2 is 1.85 bits per heavy atom. The first-order valence-electron chi connectivity index (χ1n) is 10.1. The molecule has 2 heterocycles. The maximum absolute atomic E-state index is 13.5. The van der Waals surface area contributed by atoms with Gasteiger partial charge in [0.1, 0.15) is 12.1 Å². The first-order valence-corrected chi connectivity index (χ1v) is 10.5. The standard InChI is InChI=1S/C22H16F3N3O4S/c23-22(24,25)15-8-13(3-2-12(15)10-26)27-19(30)21(6-1-7-21)28(20(27)33)14-4-5-16-17(9-14)32-18(11-29)31-16/h2-5,8-9,18,29H,1,6-7,11H2. The smallest absolute Gasteiger partial charge is 0.417 e. The van der Waals surface area contributed by atoms with Crippen LogP contribution < -0.4 is 19.3 Å². The first kappa shape index (κ1) is 21.5. The lowest BCUT2D eigenvalue weighted by Gasteiger charge is -2.43. The minimum Gasteiger partial charge on any atom is -0.448 e. The van der Waals surface area contributed by atoms with E-state index in [4.69, 9.17) is 27.0 Å². The second-order valence-corrected chi connectivity index (χ2v) is 8.33. The number of benzene rings is 2. The van der Waals surface area contributed by atoms with Crippen LogP contribution in [-0.2, 0) is 11.0 Å². The van der Waals surface area contributed by atoms with E-state index in [-0.39, 0.29) is 17.4 Å². The molecule has 0 bridgehead atoms. The van der Waals surface area contributed by atoms with Gasteiger partial charge in [-0.05, 0) is 61.8 Å². The molecule has 5 rings (SSSR count). The van der Waals surface area contributed by atoms with E-state index in [1.807, 2.05) is 0 Å². The first-order chi connectivity index (χ1) is 15.7. The van der Waals surface area contributed by atoms with Gasteiger partial charge < -0.3 is 19.5 Å². The highest BCUT2D eigenvalue weighted by molar-refractivity contribution is 7.81. The van der Waals surface area contributed by atoms with Crippen molar-refractivity contribution in [1.29, 1.82) is 5.26 Å².